The van der Waals surface area contributed by atoms with Gasteiger partial charge in [0.05, 0.1) is 10.7 Å². The van der Waals surface area contributed by atoms with Crippen molar-refractivity contribution in [1.82, 2.24) is 4.98 Å². The van der Waals surface area contributed by atoms with E-state index in [9.17, 15) is 0 Å². The van der Waals surface area contributed by atoms with Crippen LogP contribution in [-0.4, -0.2) is 4.98 Å². The van der Waals surface area contributed by atoms with Gasteiger partial charge in [0.25, 0.3) is 0 Å². The van der Waals surface area contributed by atoms with Crippen LogP contribution in [0.25, 0.3) is 0 Å². The summed E-state index contributed by atoms with van der Waals surface area (Å²) in [5.41, 5.74) is 1.31. The van der Waals surface area contributed by atoms with Gasteiger partial charge in [-0.2, -0.15) is 0 Å². The normalized spacial score (nSPS) is 24.1. The van der Waals surface area contributed by atoms with Gasteiger partial charge >= 0.3 is 0 Å². The molecular weight excluding hydrogens is 226 g/mol. The molecule has 0 aromatic carbocycles. The number of hydrogen-bond acceptors (Lipinski definition) is 2. The lowest BCUT2D eigenvalue weighted by Gasteiger charge is -2.09. The van der Waals surface area contributed by atoms with E-state index in [4.69, 9.17) is 0 Å². The average Bonchev–Trinajstić information content (AvgIpc) is 2.93. The molecule has 2 atom stereocenters. The number of allylic oxidation sites excluding steroid dienone is 1. The van der Waals surface area contributed by atoms with Crippen LogP contribution < -0.4 is 0 Å². The SMILES string of the molecule is C=CCCC1CCC(CCc2csc(C)n2)C1. The van der Waals surface area contributed by atoms with E-state index in [1.807, 2.05) is 0 Å². The highest BCUT2D eigenvalue weighted by Gasteiger charge is 2.23. The van der Waals surface area contributed by atoms with E-state index in [0.29, 0.717) is 0 Å². The van der Waals surface area contributed by atoms with Gasteiger partial charge in [0.2, 0.25) is 0 Å². The summed E-state index contributed by atoms with van der Waals surface area (Å²) < 4.78 is 0. The molecule has 0 N–H and O–H groups in total. The highest BCUT2D eigenvalue weighted by molar-refractivity contribution is 7.09. The third-order valence-electron chi connectivity index (χ3n) is 3.90. The Kier molecular flexibility index (Phi) is 4.78. The lowest BCUT2D eigenvalue weighted by atomic mass is 9.97. The summed E-state index contributed by atoms with van der Waals surface area (Å²) in [5, 5.41) is 3.43. The Morgan fingerprint density at radius 2 is 2.18 bits per heavy atom. The smallest absolute Gasteiger partial charge is 0.0897 e. The van der Waals surface area contributed by atoms with Crippen LogP contribution in [0.15, 0.2) is 18.0 Å². The lowest BCUT2D eigenvalue weighted by Crippen LogP contribution is -1.99. The summed E-state index contributed by atoms with van der Waals surface area (Å²) in [4.78, 5) is 4.55. The Morgan fingerprint density at radius 1 is 1.41 bits per heavy atom. The largest absolute Gasteiger partial charge is 0.247 e. The minimum atomic E-state index is 0.951. The van der Waals surface area contributed by atoms with Crippen molar-refractivity contribution < 1.29 is 0 Å². The minimum absolute atomic E-state index is 0.951. The van der Waals surface area contributed by atoms with Crippen molar-refractivity contribution in [3.63, 3.8) is 0 Å². The molecule has 1 nitrogen and oxygen atoms in total. The first-order chi connectivity index (χ1) is 8.28. The van der Waals surface area contributed by atoms with Gasteiger partial charge < -0.3 is 0 Å². The molecular formula is C15H23NS. The molecule has 2 rings (SSSR count). The van der Waals surface area contributed by atoms with Gasteiger partial charge in [0.15, 0.2) is 0 Å². The second-order valence-electron chi connectivity index (χ2n) is 5.31. The first-order valence-electron chi connectivity index (χ1n) is 6.80. The maximum absolute atomic E-state index is 4.55. The summed E-state index contributed by atoms with van der Waals surface area (Å²) in [6.45, 7) is 5.90. The molecule has 94 valence electrons. The topological polar surface area (TPSA) is 12.9 Å². The van der Waals surface area contributed by atoms with Crippen molar-refractivity contribution in [1.29, 1.82) is 0 Å². The number of rotatable bonds is 6. The lowest BCUT2D eigenvalue weighted by molar-refractivity contribution is 0.448. The van der Waals surface area contributed by atoms with Crippen molar-refractivity contribution in [2.75, 3.05) is 0 Å². The van der Waals surface area contributed by atoms with Crippen LogP contribution in [0.1, 0.15) is 49.2 Å². The third-order valence-corrected chi connectivity index (χ3v) is 4.73. The third kappa shape index (κ3) is 3.95. The van der Waals surface area contributed by atoms with Gasteiger partial charge in [-0.3, -0.25) is 0 Å². The summed E-state index contributed by atoms with van der Waals surface area (Å²) >= 11 is 1.78. The van der Waals surface area contributed by atoms with Gasteiger partial charge in [-0.1, -0.05) is 18.9 Å². The molecule has 0 saturated heterocycles. The van der Waals surface area contributed by atoms with Crippen LogP contribution in [0.5, 0.6) is 0 Å². The molecule has 0 spiro atoms. The number of hydrogen-bond donors (Lipinski definition) is 0. The Bertz CT molecular complexity index is 356. The van der Waals surface area contributed by atoms with E-state index < -0.39 is 0 Å². The summed E-state index contributed by atoms with van der Waals surface area (Å²) in [6.07, 6.45) is 11.5. The Morgan fingerprint density at radius 3 is 2.82 bits per heavy atom. The molecule has 2 heteroatoms. The van der Waals surface area contributed by atoms with E-state index in [1.54, 1.807) is 11.3 Å². The van der Waals surface area contributed by atoms with Crippen LogP contribution in [0.3, 0.4) is 0 Å². The van der Waals surface area contributed by atoms with Crippen LogP contribution in [0.4, 0.5) is 0 Å². The molecule has 1 heterocycles. The van der Waals surface area contributed by atoms with Gasteiger partial charge in [-0.15, -0.1) is 17.9 Å². The zero-order valence-electron chi connectivity index (χ0n) is 10.8. The molecule has 1 aliphatic rings. The maximum atomic E-state index is 4.55. The van der Waals surface area contributed by atoms with Crippen LogP contribution in [0.2, 0.25) is 0 Å². The Hall–Kier alpha value is -0.630. The number of aryl methyl sites for hydroxylation is 2. The molecule has 1 aromatic rings. The van der Waals surface area contributed by atoms with Gasteiger partial charge in [-0.05, 0) is 50.9 Å². The minimum Gasteiger partial charge on any atom is -0.247 e. The average molecular weight is 249 g/mol. The van der Waals surface area contributed by atoms with Crippen molar-refractivity contribution in [3.05, 3.63) is 28.7 Å². The molecule has 1 saturated carbocycles. The van der Waals surface area contributed by atoms with E-state index in [0.717, 1.165) is 11.8 Å². The molecule has 0 amide bonds. The van der Waals surface area contributed by atoms with Crippen molar-refractivity contribution in [3.8, 4) is 0 Å². The van der Waals surface area contributed by atoms with E-state index >= 15 is 0 Å². The molecule has 17 heavy (non-hydrogen) atoms. The van der Waals surface area contributed by atoms with Gasteiger partial charge in [0, 0.05) is 5.38 Å². The van der Waals surface area contributed by atoms with Crippen LogP contribution in [0, 0.1) is 18.8 Å². The van der Waals surface area contributed by atoms with E-state index in [2.05, 4.69) is 29.9 Å². The zero-order chi connectivity index (χ0) is 12.1. The summed E-state index contributed by atoms with van der Waals surface area (Å²) in [7, 11) is 0. The highest BCUT2D eigenvalue weighted by atomic mass is 32.1. The summed E-state index contributed by atoms with van der Waals surface area (Å²) in [5.74, 6) is 1.92. The van der Waals surface area contributed by atoms with Crippen LogP contribution in [-0.2, 0) is 6.42 Å². The molecule has 0 radical (unpaired) electrons. The predicted molar refractivity (Wildman–Crippen MR) is 75.4 cm³/mol. The highest BCUT2D eigenvalue weighted by Crippen LogP contribution is 2.36. The number of thiazole rings is 1. The van der Waals surface area contributed by atoms with Crippen LogP contribution >= 0.6 is 11.3 Å². The fraction of sp³-hybridized carbons (Fsp3) is 0.667. The zero-order valence-corrected chi connectivity index (χ0v) is 11.6. The molecule has 1 aromatic heterocycles. The summed E-state index contributed by atoms with van der Waals surface area (Å²) in [6, 6.07) is 0. The van der Waals surface area contributed by atoms with Gasteiger partial charge in [-0.25, -0.2) is 4.98 Å². The first-order valence-corrected chi connectivity index (χ1v) is 7.67. The predicted octanol–water partition coefficient (Wildman–Crippen LogP) is 4.77. The van der Waals surface area contributed by atoms with Crippen molar-refractivity contribution in [2.45, 2.75) is 51.9 Å². The molecule has 1 aliphatic carbocycles. The maximum Gasteiger partial charge on any atom is 0.0897 e. The monoisotopic (exact) mass is 249 g/mol. The van der Waals surface area contributed by atoms with Crippen molar-refractivity contribution in [2.24, 2.45) is 11.8 Å². The molecule has 0 bridgehead atoms. The quantitative estimate of drug-likeness (QED) is 0.662. The van der Waals surface area contributed by atoms with E-state index in [1.165, 1.54) is 55.6 Å². The Balaban J connectivity index is 1.69. The standard InChI is InChI=1S/C15H23NS/c1-3-4-5-13-6-7-14(10-13)8-9-15-11-17-12(2)16-15/h3,11,13-14H,1,4-10H2,2H3. The fourth-order valence-electron chi connectivity index (χ4n) is 2.93. The first kappa shape index (κ1) is 12.8. The number of nitrogens with zero attached hydrogens (tertiary/aromatic N) is 1. The Labute approximate surface area is 109 Å². The van der Waals surface area contributed by atoms with Gasteiger partial charge in [0.1, 0.15) is 0 Å². The second-order valence-corrected chi connectivity index (χ2v) is 6.37. The fourth-order valence-corrected chi connectivity index (χ4v) is 3.58. The second kappa shape index (κ2) is 6.34. The number of aromatic nitrogens is 1. The van der Waals surface area contributed by atoms with Crippen molar-refractivity contribution >= 4 is 11.3 Å². The molecule has 0 aliphatic heterocycles. The molecule has 1 fully saturated rings. The van der Waals surface area contributed by atoms with E-state index in [-0.39, 0.29) is 0 Å². The molecule has 2 unspecified atom stereocenters.